The van der Waals surface area contributed by atoms with Gasteiger partial charge in [0.05, 0.1) is 0 Å². The van der Waals surface area contributed by atoms with Crippen LogP contribution in [0.2, 0.25) is 0 Å². The minimum atomic E-state index is 0.888. The quantitative estimate of drug-likeness (QED) is 0.0938. The molecule has 0 fully saturated rings. The number of benzene rings is 4. The number of halogens is 5. The highest BCUT2D eigenvalue weighted by atomic mass is 127. The molecule has 0 saturated heterocycles. The Labute approximate surface area is 330 Å². The van der Waals surface area contributed by atoms with Gasteiger partial charge < -0.3 is 0 Å². The van der Waals surface area contributed by atoms with Gasteiger partial charge in [-0.2, -0.15) is 0 Å². The highest BCUT2D eigenvalue weighted by Gasteiger charge is 1.91. The smallest absolute Gasteiger partial charge is 0.0256 e. The Kier molecular flexibility index (Phi) is 23.3. The molecule has 0 bridgehead atoms. The molecule has 47 heavy (non-hydrogen) atoms. The van der Waals surface area contributed by atoms with Gasteiger partial charge in [0.25, 0.3) is 0 Å². The first-order valence-corrected chi connectivity index (χ1v) is 19.7. The molecule has 0 heterocycles. The summed E-state index contributed by atoms with van der Waals surface area (Å²) in [6.45, 7) is 0. The summed E-state index contributed by atoms with van der Waals surface area (Å²) in [5, 5.41) is 0. The zero-order valence-electron chi connectivity index (χ0n) is 26.3. The minimum Gasteiger partial charge on any atom is -0.120 e. The molecule has 0 spiro atoms. The second kappa shape index (κ2) is 26.7. The van der Waals surface area contributed by atoms with Crippen LogP contribution >= 0.6 is 86.3 Å². The minimum absolute atomic E-state index is 0.888. The van der Waals surface area contributed by atoms with Gasteiger partial charge in [0.2, 0.25) is 0 Å². The Morgan fingerprint density at radius 3 is 1.26 bits per heavy atom. The zero-order chi connectivity index (χ0) is 34.0. The number of unbranched alkanes of at least 4 members (excludes halogenated alkanes) is 8. The monoisotopic (exact) mass is 984 g/mol. The van der Waals surface area contributed by atoms with Crippen molar-refractivity contribution in [2.45, 2.75) is 64.2 Å². The molecule has 0 radical (unpaired) electrons. The van der Waals surface area contributed by atoms with Crippen LogP contribution in [0.25, 0.3) is 0 Å². The zero-order valence-corrected chi connectivity index (χ0v) is 34.8. The van der Waals surface area contributed by atoms with Crippen molar-refractivity contribution in [1.82, 2.24) is 0 Å². The van der Waals surface area contributed by atoms with Crippen LogP contribution in [-0.2, 0) is 0 Å². The van der Waals surface area contributed by atoms with E-state index in [0.29, 0.717) is 0 Å². The van der Waals surface area contributed by atoms with E-state index in [4.69, 9.17) is 6.42 Å². The second-order valence-corrected chi connectivity index (χ2v) is 15.1. The van der Waals surface area contributed by atoms with Crippen molar-refractivity contribution in [1.29, 1.82) is 0 Å². The van der Waals surface area contributed by atoms with Gasteiger partial charge in [-0.1, -0.05) is 124 Å². The van der Waals surface area contributed by atoms with Crippen molar-refractivity contribution >= 4 is 86.3 Å². The van der Waals surface area contributed by atoms with Gasteiger partial charge in [-0.3, -0.25) is 0 Å². The molecule has 0 atom stereocenters. The first-order valence-electron chi connectivity index (χ1n) is 15.4. The first-order chi connectivity index (χ1) is 22.9. The maximum Gasteiger partial charge on any atom is 0.0256 e. The average Bonchev–Trinajstić information content (AvgIpc) is 3.06. The van der Waals surface area contributed by atoms with Gasteiger partial charge >= 0.3 is 0 Å². The third-order valence-electron chi connectivity index (χ3n) is 6.22. The molecule has 0 amide bonds. The van der Waals surface area contributed by atoms with E-state index in [1.54, 1.807) is 0 Å². The molecule has 5 heteroatoms. The maximum atomic E-state index is 5.18. The molecule has 0 N–H and O–H groups in total. The lowest BCUT2D eigenvalue weighted by atomic mass is 10.1. The molecule has 4 aromatic carbocycles. The van der Waals surface area contributed by atoms with E-state index in [0.717, 1.165) is 85.9 Å². The van der Waals surface area contributed by atoms with Gasteiger partial charge in [-0.05, 0) is 133 Å². The van der Waals surface area contributed by atoms with E-state index >= 15 is 0 Å². The molecule has 0 aliphatic heterocycles. The van der Waals surface area contributed by atoms with Crippen molar-refractivity contribution in [2.75, 3.05) is 0 Å². The summed E-state index contributed by atoms with van der Waals surface area (Å²) in [6.07, 6.45) is 15.8. The number of hydrogen-bond donors (Lipinski definition) is 0. The molecule has 4 aromatic rings. The van der Waals surface area contributed by atoms with Crippen molar-refractivity contribution < 1.29 is 0 Å². The maximum absolute atomic E-state index is 5.18. The Hall–Kier alpha value is -2.23. The molecule has 0 aromatic heterocycles. The number of rotatable bonds is 8. The van der Waals surface area contributed by atoms with Crippen LogP contribution in [0.15, 0.2) is 115 Å². The van der Waals surface area contributed by atoms with Crippen LogP contribution in [0.1, 0.15) is 80.9 Å². The third kappa shape index (κ3) is 22.1. The molecule has 4 rings (SSSR count). The van der Waals surface area contributed by atoms with Crippen LogP contribution in [-0.4, -0.2) is 0 Å². The fourth-order valence-electron chi connectivity index (χ4n) is 3.81. The molecule has 0 aliphatic rings. The summed E-state index contributed by atoms with van der Waals surface area (Å²) in [5.74, 6) is 21.9. The Morgan fingerprint density at radius 1 is 0.447 bits per heavy atom. The van der Waals surface area contributed by atoms with Crippen molar-refractivity contribution in [3.8, 4) is 47.9 Å². The molecule has 0 saturated carbocycles. The first kappa shape index (κ1) is 40.9. The van der Waals surface area contributed by atoms with Crippen LogP contribution < -0.4 is 0 Å². The highest BCUT2D eigenvalue weighted by Crippen LogP contribution is 2.13. The van der Waals surface area contributed by atoms with E-state index < -0.39 is 0 Å². The molecule has 0 aliphatic carbocycles. The van der Waals surface area contributed by atoms with Crippen molar-refractivity contribution in [2.24, 2.45) is 0 Å². The average molecular weight is 988 g/mol. The summed E-state index contributed by atoms with van der Waals surface area (Å²) < 4.78 is 5.65. The molecular weight excluding hydrogens is 951 g/mol. The largest absolute Gasteiger partial charge is 0.120 e. The van der Waals surface area contributed by atoms with E-state index in [1.165, 1.54) is 16.4 Å². The molecular formula is C42H37Br4I. The van der Waals surface area contributed by atoms with Gasteiger partial charge in [0, 0.05) is 63.8 Å². The number of terminal acetylenes is 1. The number of hydrogen-bond acceptors (Lipinski definition) is 0. The fraction of sp³-hybridized carbons (Fsp3) is 0.238. The SMILES string of the molecule is Brc1ccc(C#CCCCCCC#Cc2cccc(Br)c2)cc1.Brc1ccc(I)cc1.C#CCCCCCC#Cc1cccc(Br)c1. The molecule has 0 nitrogen and oxygen atoms in total. The summed E-state index contributed by atoms with van der Waals surface area (Å²) >= 11 is 15.9. The van der Waals surface area contributed by atoms with Crippen LogP contribution in [0.4, 0.5) is 0 Å². The third-order valence-corrected chi connectivity index (χ3v) is 8.98. The fourth-order valence-corrected chi connectivity index (χ4v) is 5.50. The van der Waals surface area contributed by atoms with Crippen molar-refractivity contribution in [3.63, 3.8) is 0 Å². The Morgan fingerprint density at radius 2 is 0.851 bits per heavy atom. The van der Waals surface area contributed by atoms with Gasteiger partial charge in [0.1, 0.15) is 0 Å². The Bertz CT molecular complexity index is 1680. The normalized spacial score (nSPS) is 9.28. The van der Waals surface area contributed by atoms with Gasteiger partial charge in [0.15, 0.2) is 0 Å². The van der Waals surface area contributed by atoms with Gasteiger partial charge in [-0.25, -0.2) is 0 Å². The molecule has 0 unspecified atom stereocenters. The summed E-state index contributed by atoms with van der Waals surface area (Å²) in [6, 6.07) is 32.5. The standard InChI is InChI=1S/C21H18Br2.C15H15Br.C6H4BrI/c22-20-15-13-18(14-16-20)9-6-4-2-1-3-5-7-10-19-11-8-12-21(23)17-19;1-2-3-4-5-6-7-8-10-14-11-9-12-15(16)13-14;7-5-1-3-6(8)4-2-5/h8,11-17H,1-5H2;1,9,11-13H,3-7H2;1-4H. The van der Waals surface area contributed by atoms with E-state index in [9.17, 15) is 0 Å². The van der Waals surface area contributed by atoms with E-state index in [1.807, 2.05) is 84.9 Å². The van der Waals surface area contributed by atoms with Gasteiger partial charge in [-0.15, -0.1) is 12.3 Å². The lowest BCUT2D eigenvalue weighted by Crippen LogP contribution is -1.78. The summed E-state index contributed by atoms with van der Waals surface area (Å²) in [7, 11) is 0. The predicted molar refractivity (Wildman–Crippen MR) is 225 cm³/mol. The predicted octanol–water partition coefficient (Wildman–Crippen LogP) is 14.0. The second-order valence-electron chi connectivity index (χ2n) is 10.2. The van der Waals surface area contributed by atoms with Crippen molar-refractivity contribution in [3.05, 3.63) is 135 Å². The summed E-state index contributed by atoms with van der Waals surface area (Å²) in [4.78, 5) is 0. The highest BCUT2D eigenvalue weighted by molar-refractivity contribution is 14.1. The summed E-state index contributed by atoms with van der Waals surface area (Å²) in [5.41, 5.74) is 3.21. The lowest BCUT2D eigenvalue weighted by Gasteiger charge is -1.94. The van der Waals surface area contributed by atoms with E-state index in [-0.39, 0.29) is 0 Å². The van der Waals surface area contributed by atoms with Crippen LogP contribution in [0, 0.1) is 51.4 Å². The van der Waals surface area contributed by atoms with E-state index in [2.05, 4.69) is 140 Å². The van der Waals surface area contributed by atoms with Crippen LogP contribution in [0.5, 0.6) is 0 Å². The lowest BCUT2D eigenvalue weighted by molar-refractivity contribution is 0.709. The molecule has 240 valence electrons. The topological polar surface area (TPSA) is 0 Å². The van der Waals surface area contributed by atoms with Crippen LogP contribution in [0.3, 0.4) is 0 Å². The Balaban J connectivity index is 0.000000275.